The number of nitrogens with zero attached hydrogens (tertiary/aromatic N) is 4. The summed E-state index contributed by atoms with van der Waals surface area (Å²) in [6, 6.07) is 0. The second-order valence-corrected chi connectivity index (χ2v) is 4.78. The first-order valence-corrected chi connectivity index (χ1v) is 6.29. The molecule has 0 aliphatic carbocycles. The van der Waals surface area contributed by atoms with E-state index in [9.17, 15) is 20.0 Å². The predicted octanol–water partition coefficient (Wildman–Crippen LogP) is -1.75. The van der Waals surface area contributed by atoms with Crippen LogP contribution in [0.1, 0.15) is 12.6 Å². The molecule has 3 atom stereocenters. The maximum Gasteiger partial charge on any atom is 0.439 e. The number of anilines is 1. The number of aliphatic hydroxyl groups is 2. The monoisotopic (exact) mass is 312 g/mol. The molecule has 1 fully saturated rings. The first-order chi connectivity index (χ1) is 10.4. The van der Waals surface area contributed by atoms with Gasteiger partial charge in [-0.15, -0.1) is 0 Å². The number of nitrogen functional groups attached to an aromatic ring is 1. The molecule has 0 saturated carbocycles. The number of ether oxygens (including phenoxy) is 1. The highest BCUT2D eigenvalue weighted by Gasteiger charge is 2.41. The Morgan fingerprint density at radius 2 is 2.27 bits per heavy atom. The van der Waals surface area contributed by atoms with Crippen LogP contribution in [0.25, 0.3) is 11.2 Å². The Morgan fingerprint density at radius 1 is 1.55 bits per heavy atom. The zero-order valence-electron chi connectivity index (χ0n) is 11.0. The lowest BCUT2D eigenvalue weighted by atomic mass is 10.2. The number of hydrogen-bond donors (Lipinski definition) is 4. The summed E-state index contributed by atoms with van der Waals surface area (Å²) in [7, 11) is 0. The van der Waals surface area contributed by atoms with E-state index in [1.165, 1.54) is 0 Å². The van der Waals surface area contributed by atoms with Crippen LogP contribution < -0.4 is 11.3 Å². The Balaban J connectivity index is 2.21. The molecule has 0 bridgehead atoms. The molecule has 3 heterocycles. The number of aliphatic hydroxyl groups excluding tert-OH is 2. The Bertz CT molecular complexity index is 799. The van der Waals surface area contributed by atoms with Crippen molar-refractivity contribution in [3.8, 4) is 0 Å². The van der Waals surface area contributed by atoms with Gasteiger partial charge in [0.15, 0.2) is 6.23 Å². The minimum atomic E-state index is -1.01. The molecule has 1 aliphatic rings. The molecule has 0 aromatic carbocycles. The maximum atomic E-state index is 11.8. The average Bonchev–Trinajstić information content (AvgIpc) is 2.99. The third-order valence-electron chi connectivity index (χ3n) is 3.39. The van der Waals surface area contributed by atoms with Gasteiger partial charge in [-0.1, -0.05) is 4.98 Å². The van der Waals surface area contributed by atoms with Gasteiger partial charge in [-0.05, 0) is 4.92 Å². The van der Waals surface area contributed by atoms with Crippen LogP contribution in [0.4, 0.5) is 11.9 Å². The lowest BCUT2D eigenvalue weighted by Gasteiger charge is -2.11. The smallest absolute Gasteiger partial charge is 0.394 e. The normalized spacial score (nSPS) is 24.9. The zero-order valence-corrected chi connectivity index (χ0v) is 11.0. The van der Waals surface area contributed by atoms with Crippen molar-refractivity contribution in [2.75, 3.05) is 12.3 Å². The van der Waals surface area contributed by atoms with E-state index >= 15 is 0 Å². The fourth-order valence-corrected chi connectivity index (χ4v) is 2.42. The van der Waals surface area contributed by atoms with Crippen LogP contribution in [0.3, 0.4) is 0 Å². The largest absolute Gasteiger partial charge is 0.439 e. The van der Waals surface area contributed by atoms with Gasteiger partial charge in [-0.25, -0.2) is 0 Å². The number of nitrogens with one attached hydrogen (secondary N) is 1. The van der Waals surface area contributed by atoms with Crippen LogP contribution >= 0.6 is 0 Å². The standard InChI is InChI=1S/C10H12N6O6/c11-9-13-7-6(8(19)14-9)12-10(16(20)21)15(7)5-1-3(18)4(2-17)22-5/h3-5,17-18H,1-2H2,(H3,11,13,14,19)/t3?,4-,5-/m1/s1. The van der Waals surface area contributed by atoms with Gasteiger partial charge in [-0.2, -0.15) is 9.55 Å². The van der Waals surface area contributed by atoms with Gasteiger partial charge in [-0.3, -0.25) is 9.78 Å². The zero-order chi connectivity index (χ0) is 16.0. The summed E-state index contributed by atoms with van der Waals surface area (Å²) in [5, 5.41) is 30.0. The fraction of sp³-hybridized carbons (Fsp3) is 0.500. The topological polar surface area (TPSA) is 182 Å². The minimum absolute atomic E-state index is 0.0219. The molecule has 2 aromatic heterocycles. The van der Waals surface area contributed by atoms with Crippen LogP contribution in [0.5, 0.6) is 0 Å². The quantitative estimate of drug-likeness (QED) is 0.377. The fourth-order valence-electron chi connectivity index (χ4n) is 2.42. The summed E-state index contributed by atoms with van der Waals surface area (Å²) in [6.45, 7) is -0.450. The highest BCUT2D eigenvalue weighted by molar-refractivity contribution is 5.73. The molecule has 12 nitrogen and oxygen atoms in total. The molecule has 2 aromatic rings. The summed E-state index contributed by atoms with van der Waals surface area (Å²) in [5.41, 5.74) is 4.35. The molecular formula is C10H12N6O6. The third-order valence-corrected chi connectivity index (χ3v) is 3.39. The Morgan fingerprint density at radius 3 is 2.86 bits per heavy atom. The third kappa shape index (κ3) is 2.09. The molecule has 5 N–H and O–H groups in total. The van der Waals surface area contributed by atoms with Gasteiger partial charge in [0.25, 0.3) is 11.1 Å². The van der Waals surface area contributed by atoms with Crippen molar-refractivity contribution < 1.29 is 19.9 Å². The molecule has 22 heavy (non-hydrogen) atoms. The van der Waals surface area contributed by atoms with Crippen molar-refractivity contribution in [3.63, 3.8) is 0 Å². The number of nitro groups is 1. The van der Waals surface area contributed by atoms with E-state index in [-0.39, 0.29) is 23.5 Å². The van der Waals surface area contributed by atoms with Gasteiger partial charge in [0.05, 0.1) is 12.7 Å². The highest BCUT2D eigenvalue weighted by atomic mass is 16.6. The van der Waals surface area contributed by atoms with Crippen molar-refractivity contribution in [2.24, 2.45) is 0 Å². The van der Waals surface area contributed by atoms with Crippen LogP contribution in [-0.4, -0.2) is 53.5 Å². The Hall–Kier alpha value is -2.57. The van der Waals surface area contributed by atoms with Crippen LogP contribution in [-0.2, 0) is 4.74 Å². The molecule has 1 saturated heterocycles. The van der Waals surface area contributed by atoms with Crippen LogP contribution in [0.15, 0.2) is 4.79 Å². The van der Waals surface area contributed by atoms with Crippen molar-refractivity contribution in [1.29, 1.82) is 0 Å². The van der Waals surface area contributed by atoms with Crippen LogP contribution in [0, 0.1) is 10.1 Å². The van der Waals surface area contributed by atoms with E-state index in [4.69, 9.17) is 15.6 Å². The summed E-state index contributed by atoms with van der Waals surface area (Å²) in [6.07, 6.45) is -2.91. The first kappa shape index (κ1) is 14.4. The van der Waals surface area contributed by atoms with Gasteiger partial charge in [0.1, 0.15) is 6.10 Å². The number of imidazole rings is 1. The number of fused-ring (bicyclic) bond motifs is 1. The number of nitrogens with two attached hydrogens (primary N) is 1. The molecule has 12 heteroatoms. The Kier molecular flexibility index (Phi) is 3.27. The summed E-state index contributed by atoms with van der Waals surface area (Å²) in [4.78, 5) is 31.9. The molecule has 0 radical (unpaired) electrons. The summed E-state index contributed by atoms with van der Waals surface area (Å²) in [5.74, 6) is -0.889. The molecule has 0 spiro atoms. The van der Waals surface area contributed by atoms with E-state index in [0.717, 1.165) is 4.57 Å². The first-order valence-electron chi connectivity index (χ1n) is 6.29. The molecule has 118 valence electrons. The van der Waals surface area contributed by atoms with Crippen molar-refractivity contribution in [3.05, 3.63) is 20.5 Å². The molecule has 1 aliphatic heterocycles. The Labute approximate surface area is 121 Å². The SMILES string of the molecule is Nc1nc2c(nc([N+](=O)[O-])n2[C@H]2CC(O)[C@@H](CO)O2)c(=O)[nH]1. The lowest BCUT2D eigenvalue weighted by molar-refractivity contribution is -0.398. The van der Waals surface area contributed by atoms with E-state index in [1.807, 2.05) is 0 Å². The van der Waals surface area contributed by atoms with Crippen LogP contribution in [0.2, 0.25) is 0 Å². The second-order valence-electron chi connectivity index (χ2n) is 4.78. The van der Waals surface area contributed by atoms with E-state index in [0.29, 0.717) is 0 Å². The average molecular weight is 312 g/mol. The number of hydrogen-bond acceptors (Lipinski definition) is 9. The van der Waals surface area contributed by atoms with Gasteiger partial charge in [0, 0.05) is 6.42 Å². The minimum Gasteiger partial charge on any atom is -0.394 e. The lowest BCUT2D eigenvalue weighted by Crippen LogP contribution is -2.24. The highest BCUT2D eigenvalue weighted by Crippen LogP contribution is 2.33. The number of H-pyrrole nitrogens is 1. The number of aromatic amines is 1. The van der Waals surface area contributed by atoms with Crippen molar-refractivity contribution in [2.45, 2.75) is 24.9 Å². The van der Waals surface area contributed by atoms with E-state index in [1.54, 1.807) is 0 Å². The second kappa shape index (κ2) is 5.01. The molecule has 0 amide bonds. The van der Waals surface area contributed by atoms with Crippen molar-refractivity contribution >= 4 is 23.1 Å². The summed E-state index contributed by atoms with van der Waals surface area (Å²) >= 11 is 0. The van der Waals surface area contributed by atoms with Gasteiger partial charge >= 0.3 is 5.95 Å². The molecule has 3 rings (SSSR count). The van der Waals surface area contributed by atoms with Gasteiger partial charge in [0.2, 0.25) is 11.6 Å². The molecule has 1 unspecified atom stereocenters. The predicted molar refractivity (Wildman–Crippen MR) is 70.8 cm³/mol. The van der Waals surface area contributed by atoms with Gasteiger partial charge < -0.3 is 30.8 Å². The van der Waals surface area contributed by atoms with Crippen molar-refractivity contribution in [1.82, 2.24) is 19.5 Å². The summed E-state index contributed by atoms with van der Waals surface area (Å²) < 4.78 is 6.36. The maximum absolute atomic E-state index is 11.8. The van der Waals surface area contributed by atoms with E-state index in [2.05, 4.69) is 15.0 Å². The van der Waals surface area contributed by atoms with E-state index < -0.39 is 41.5 Å². The number of rotatable bonds is 3. The number of aromatic nitrogens is 4. The molecular weight excluding hydrogens is 300 g/mol.